The first-order valence-corrected chi connectivity index (χ1v) is 7.80. The highest BCUT2D eigenvalue weighted by Gasteiger charge is 2.24. The summed E-state index contributed by atoms with van der Waals surface area (Å²) in [7, 11) is -0.875. The second kappa shape index (κ2) is 5.41. The molecule has 1 heterocycles. The molecule has 3 nitrogen and oxygen atoms in total. The van der Waals surface area contributed by atoms with Crippen molar-refractivity contribution < 1.29 is 8.95 Å². The quantitative estimate of drug-likeness (QED) is 0.908. The molecule has 0 aromatic heterocycles. The zero-order valence-electron chi connectivity index (χ0n) is 11.0. The predicted molar refractivity (Wildman–Crippen MR) is 75.4 cm³/mol. The van der Waals surface area contributed by atoms with E-state index >= 15 is 0 Å². The number of nitrogens with two attached hydrogens (primary N) is 1. The van der Waals surface area contributed by atoms with Crippen molar-refractivity contribution in [2.45, 2.75) is 31.7 Å². The highest BCUT2D eigenvalue weighted by Crippen LogP contribution is 2.33. The molecule has 18 heavy (non-hydrogen) atoms. The first kappa shape index (κ1) is 13.6. The fraction of sp³-hybridized carbons (Fsp3) is 0.571. The highest BCUT2D eigenvalue weighted by molar-refractivity contribution is 7.85. The molecule has 0 aliphatic carbocycles. The van der Waals surface area contributed by atoms with Gasteiger partial charge in [0.15, 0.2) is 0 Å². The van der Waals surface area contributed by atoms with E-state index in [9.17, 15) is 4.21 Å². The van der Waals surface area contributed by atoms with Gasteiger partial charge in [0.2, 0.25) is 0 Å². The van der Waals surface area contributed by atoms with Crippen LogP contribution in [0.15, 0.2) is 24.3 Å². The molecule has 1 aliphatic rings. The van der Waals surface area contributed by atoms with Crippen molar-refractivity contribution in [1.82, 2.24) is 0 Å². The maximum absolute atomic E-state index is 12.1. The maximum Gasteiger partial charge on any atom is 0.122 e. The Morgan fingerprint density at radius 3 is 2.89 bits per heavy atom. The van der Waals surface area contributed by atoms with Gasteiger partial charge in [0.25, 0.3) is 0 Å². The summed E-state index contributed by atoms with van der Waals surface area (Å²) in [6.07, 6.45) is 0.938. The van der Waals surface area contributed by atoms with E-state index in [1.54, 1.807) is 0 Å². The van der Waals surface area contributed by atoms with Gasteiger partial charge in [0, 0.05) is 33.8 Å². The van der Waals surface area contributed by atoms with Gasteiger partial charge >= 0.3 is 0 Å². The summed E-state index contributed by atoms with van der Waals surface area (Å²) in [5, 5.41) is 0. The Kier molecular flexibility index (Phi) is 4.07. The van der Waals surface area contributed by atoms with E-state index in [-0.39, 0.29) is 5.54 Å². The number of rotatable bonds is 4. The van der Waals surface area contributed by atoms with Crippen LogP contribution in [0.5, 0.6) is 5.75 Å². The van der Waals surface area contributed by atoms with Crippen LogP contribution in [0.1, 0.15) is 31.7 Å². The Morgan fingerprint density at radius 2 is 2.17 bits per heavy atom. The largest absolute Gasteiger partial charge is 0.493 e. The first-order chi connectivity index (χ1) is 8.46. The van der Waals surface area contributed by atoms with Gasteiger partial charge in [0.05, 0.1) is 6.61 Å². The van der Waals surface area contributed by atoms with Gasteiger partial charge in [0.1, 0.15) is 5.75 Å². The van der Waals surface area contributed by atoms with Crippen molar-refractivity contribution in [2.24, 2.45) is 5.73 Å². The van der Waals surface area contributed by atoms with Gasteiger partial charge in [-0.1, -0.05) is 18.2 Å². The summed E-state index contributed by atoms with van der Waals surface area (Å²) >= 11 is 0. The summed E-state index contributed by atoms with van der Waals surface area (Å²) in [5.74, 6) is 2.50. The number of para-hydroxylation sites is 1. The van der Waals surface area contributed by atoms with Gasteiger partial charge < -0.3 is 10.5 Å². The molecule has 1 aliphatic heterocycles. The molecule has 2 rings (SSSR count). The van der Waals surface area contributed by atoms with E-state index in [2.05, 4.69) is 6.07 Å². The monoisotopic (exact) mass is 267 g/mol. The van der Waals surface area contributed by atoms with E-state index < -0.39 is 10.8 Å². The van der Waals surface area contributed by atoms with E-state index in [1.165, 1.54) is 5.56 Å². The fourth-order valence-corrected chi connectivity index (χ4v) is 4.03. The molecule has 1 aromatic rings. The lowest BCUT2D eigenvalue weighted by molar-refractivity contribution is 0.273. The molecule has 0 saturated carbocycles. The van der Waals surface area contributed by atoms with E-state index in [1.807, 2.05) is 32.0 Å². The van der Waals surface area contributed by atoms with E-state index in [0.717, 1.165) is 12.2 Å². The molecular weight excluding hydrogens is 246 g/mol. The Hall–Kier alpha value is -0.870. The molecule has 0 radical (unpaired) electrons. The van der Waals surface area contributed by atoms with Crippen LogP contribution in [0, 0.1) is 0 Å². The summed E-state index contributed by atoms with van der Waals surface area (Å²) in [5.41, 5.74) is 6.74. The number of benzene rings is 1. The van der Waals surface area contributed by atoms with Gasteiger partial charge in [-0.05, 0) is 31.9 Å². The van der Waals surface area contributed by atoms with Crippen LogP contribution in [0.4, 0.5) is 0 Å². The van der Waals surface area contributed by atoms with Crippen LogP contribution in [0.2, 0.25) is 0 Å². The zero-order valence-corrected chi connectivity index (χ0v) is 11.8. The smallest absolute Gasteiger partial charge is 0.122 e. The lowest BCUT2D eigenvalue weighted by Crippen LogP contribution is -2.39. The first-order valence-electron chi connectivity index (χ1n) is 6.31. The minimum atomic E-state index is -0.875. The van der Waals surface area contributed by atoms with Crippen molar-refractivity contribution in [1.29, 1.82) is 0 Å². The average Bonchev–Trinajstić information content (AvgIpc) is 2.27. The maximum atomic E-state index is 12.1. The summed E-state index contributed by atoms with van der Waals surface area (Å²) in [6, 6.07) is 8.04. The Balaban J connectivity index is 2.05. The molecule has 0 saturated heterocycles. The topological polar surface area (TPSA) is 52.3 Å². The number of hydrogen-bond acceptors (Lipinski definition) is 3. The molecule has 2 N–H and O–H groups in total. The molecule has 100 valence electrons. The second-order valence-electron chi connectivity index (χ2n) is 5.61. The summed E-state index contributed by atoms with van der Waals surface area (Å²) in [6.45, 7) is 4.55. The normalized spacial score (nSPS) is 20.9. The Morgan fingerprint density at radius 1 is 1.44 bits per heavy atom. The summed E-state index contributed by atoms with van der Waals surface area (Å²) < 4.78 is 17.7. The fourth-order valence-electron chi connectivity index (χ4n) is 2.29. The molecule has 2 unspecified atom stereocenters. The third-order valence-corrected chi connectivity index (χ3v) is 4.84. The van der Waals surface area contributed by atoms with Crippen molar-refractivity contribution in [3.05, 3.63) is 29.8 Å². The van der Waals surface area contributed by atoms with Crippen molar-refractivity contribution in [3.8, 4) is 5.75 Å². The van der Waals surface area contributed by atoms with Crippen LogP contribution < -0.4 is 10.5 Å². The van der Waals surface area contributed by atoms with Crippen LogP contribution in [0.3, 0.4) is 0 Å². The molecular formula is C14H21NO2S. The minimum Gasteiger partial charge on any atom is -0.493 e. The van der Waals surface area contributed by atoms with Gasteiger partial charge in [-0.25, -0.2) is 0 Å². The van der Waals surface area contributed by atoms with Crippen molar-refractivity contribution >= 4 is 10.8 Å². The average molecular weight is 267 g/mol. The molecule has 0 fully saturated rings. The third kappa shape index (κ3) is 3.56. The van der Waals surface area contributed by atoms with Crippen LogP contribution >= 0.6 is 0 Å². The lowest BCUT2D eigenvalue weighted by Gasteiger charge is -2.26. The number of hydrogen-bond donors (Lipinski definition) is 1. The molecule has 1 aromatic carbocycles. The minimum absolute atomic E-state index is 0.332. The Bertz CT molecular complexity index is 440. The van der Waals surface area contributed by atoms with Gasteiger partial charge in [-0.3, -0.25) is 4.21 Å². The standard InChI is InChI=1S/C14H21NO2S/c1-14(2,15)10-18(16)9-11-7-8-17-13-6-4-3-5-12(11)13/h3-6,11H,7-10,15H2,1-2H3. The predicted octanol–water partition coefficient (Wildman–Crippen LogP) is 2.04. The molecule has 4 heteroatoms. The third-order valence-electron chi connectivity index (χ3n) is 3.00. The number of ether oxygens (including phenoxy) is 1. The SMILES string of the molecule is CC(C)(N)CS(=O)CC1CCOc2ccccc21. The Labute approximate surface area is 111 Å². The van der Waals surface area contributed by atoms with Crippen LogP contribution in [-0.2, 0) is 10.8 Å². The second-order valence-corrected chi connectivity index (χ2v) is 7.11. The summed E-state index contributed by atoms with van der Waals surface area (Å²) in [4.78, 5) is 0. The highest BCUT2D eigenvalue weighted by atomic mass is 32.2. The van der Waals surface area contributed by atoms with E-state index in [4.69, 9.17) is 10.5 Å². The molecule has 0 amide bonds. The van der Waals surface area contributed by atoms with Crippen LogP contribution in [0.25, 0.3) is 0 Å². The number of fused-ring (bicyclic) bond motifs is 1. The van der Waals surface area contributed by atoms with Crippen molar-refractivity contribution in [3.63, 3.8) is 0 Å². The van der Waals surface area contributed by atoms with E-state index in [0.29, 0.717) is 24.0 Å². The van der Waals surface area contributed by atoms with Crippen LogP contribution in [-0.4, -0.2) is 27.9 Å². The molecule has 0 spiro atoms. The van der Waals surface area contributed by atoms with Gasteiger partial charge in [-0.15, -0.1) is 0 Å². The lowest BCUT2D eigenvalue weighted by atomic mass is 9.95. The molecule has 0 bridgehead atoms. The molecule has 2 atom stereocenters. The zero-order chi connectivity index (χ0) is 13.2. The van der Waals surface area contributed by atoms with Crippen molar-refractivity contribution in [2.75, 3.05) is 18.1 Å². The van der Waals surface area contributed by atoms with Gasteiger partial charge in [-0.2, -0.15) is 0 Å².